The van der Waals surface area contributed by atoms with Gasteiger partial charge in [-0.05, 0) is 18.3 Å². The van der Waals surface area contributed by atoms with Gasteiger partial charge in [-0.1, -0.05) is 26.0 Å². The Kier molecular flexibility index (Phi) is 1.62. The lowest BCUT2D eigenvalue weighted by Gasteiger charge is -2.42. The molecular formula is C13H16O2. The van der Waals surface area contributed by atoms with Crippen LogP contribution in [0.2, 0.25) is 0 Å². The molecule has 0 spiro atoms. The smallest absolute Gasteiger partial charge is 0.143 e. The zero-order chi connectivity index (χ0) is 10.8. The lowest BCUT2D eigenvalue weighted by molar-refractivity contribution is -0.149. The molecule has 0 N–H and O–H groups in total. The topological polar surface area (TPSA) is 34.1 Å². The van der Waals surface area contributed by atoms with Crippen LogP contribution in [-0.2, 0) is 9.59 Å². The van der Waals surface area contributed by atoms with Crippen molar-refractivity contribution >= 4 is 11.6 Å². The molecule has 5 atom stereocenters. The Labute approximate surface area is 89.7 Å². The average molecular weight is 204 g/mol. The first-order chi connectivity index (χ1) is 7.05. The highest BCUT2D eigenvalue weighted by Gasteiger charge is 2.62. The zero-order valence-corrected chi connectivity index (χ0v) is 9.19. The van der Waals surface area contributed by atoms with Crippen molar-refractivity contribution in [3.05, 3.63) is 12.2 Å². The van der Waals surface area contributed by atoms with Crippen molar-refractivity contribution in [3.63, 3.8) is 0 Å². The largest absolute Gasteiger partial charge is 0.299 e. The third kappa shape index (κ3) is 0.907. The van der Waals surface area contributed by atoms with Gasteiger partial charge in [-0.3, -0.25) is 9.59 Å². The maximum absolute atomic E-state index is 12.3. The maximum Gasteiger partial charge on any atom is 0.143 e. The highest BCUT2D eigenvalue weighted by molar-refractivity contribution is 6.01. The number of fused-ring (bicyclic) bond motifs is 5. The van der Waals surface area contributed by atoms with E-state index < -0.39 is 0 Å². The van der Waals surface area contributed by atoms with E-state index in [4.69, 9.17) is 0 Å². The highest BCUT2D eigenvalue weighted by atomic mass is 16.1. The van der Waals surface area contributed by atoms with Crippen LogP contribution >= 0.6 is 0 Å². The molecule has 0 radical (unpaired) electrons. The van der Waals surface area contributed by atoms with Crippen LogP contribution in [0.1, 0.15) is 26.7 Å². The number of ketones is 2. The van der Waals surface area contributed by atoms with Crippen LogP contribution in [0.3, 0.4) is 0 Å². The van der Waals surface area contributed by atoms with Gasteiger partial charge in [0.15, 0.2) is 0 Å². The van der Waals surface area contributed by atoms with Crippen molar-refractivity contribution in [2.75, 3.05) is 0 Å². The summed E-state index contributed by atoms with van der Waals surface area (Å²) in [6, 6.07) is 0. The molecule has 2 heteroatoms. The average Bonchev–Trinajstić information content (AvgIpc) is 2.73. The highest BCUT2D eigenvalue weighted by Crippen LogP contribution is 2.59. The molecule has 0 aromatic heterocycles. The first-order valence-corrected chi connectivity index (χ1v) is 5.80. The number of carbonyl (C=O) groups excluding carboxylic acids is 2. The van der Waals surface area contributed by atoms with Crippen LogP contribution in [0.25, 0.3) is 0 Å². The molecule has 15 heavy (non-hydrogen) atoms. The van der Waals surface area contributed by atoms with Gasteiger partial charge in [-0.15, -0.1) is 0 Å². The van der Waals surface area contributed by atoms with E-state index in [1.54, 1.807) is 0 Å². The normalized spacial score (nSPS) is 52.4. The van der Waals surface area contributed by atoms with Crippen molar-refractivity contribution in [2.45, 2.75) is 26.7 Å². The maximum atomic E-state index is 12.3. The van der Waals surface area contributed by atoms with Gasteiger partial charge in [-0.2, -0.15) is 0 Å². The van der Waals surface area contributed by atoms with E-state index in [0.29, 0.717) is 29.8 Å². The standard InChI is InChI=1S/C13H16O2/c1-7-5-10(14)11-8-3-4-9(6-8)13(11,2)12(7)15/h3-4,7-9,11H,5-6H2,1-2H3/t7-,8-,9+,11+,13+/m1/s1. The third-order valence-electron chi connectivity index (χ3n) is 4.79. The first kappa shape index (κ1) is 9.32. The van der Waals surface area contributed by atoms with E-state index in [2.05, 4.69) is 12.2 Å². The number of hydrogen-bond acceptors (Lipinski definition) is 2. The molecule has 0 aromatic rings. The molecule has 2 bridgehead atoms. The van der Waals surface area contributed by atoms with Gasteiger partial charge in [0.2, 0.25) is 0 Å². The Hall–Kier alpha value is -0.920. The molecule has 0 amide bonds. The predicted octanol–water partition coefficient (Wildman–Crippen LogP) is 1.99. The van der Waals surface area contributed by atoms with E-state index in [1.165, 1.54) is 0 Å². The summed E-state index contributed by atoms with van der Waals surface area (Å²) in [4.78, 5) is 24.3. The first-order valence-electron chi connectivity index (χ1n) is 5.80. The van der Waals surface area contributed by atoms with E-state index >= 15 is 0 Å². The minimum Gasteiger partial charge on any atom is -0.299 e. The number of Topliss-reactive ketones (excluding diaryl/α,β-unsaturated/α-hetero) is 2. The summed E-state index contributed by atoms with van der Waals surface area (Å²) in [5.41, 5.74) is -0.367. The number of carbonyl (C=O) groups is 2. The molecule has 0 aliphatic heterocycles. The van der Waals surface area contributed by atoms with Crippen molar-refractivity contribution < 1.29 is 9.59 Å². The van der Waals surface area contributed by atoms with E-state index in [9.17, 15) is 9.59 Å². The van der Waals surface area contributed by atoms with Gasteiger partial charge in [0.25, 0.3) is 0 Å². The zero-order valence-electron chi connectivity index (χ0n) is 9.19. The fourth-order valence-electron chi connectivity index (χ4n) is 4.06. The SMILES string of the molecule is C[C@@H]1CC(=O)[C@@H]2[C@@H]3C=C[C@@H](C3)[C@]2(C)C1=O. The summed E-state index contributed by atoms with van der Waals surface area (Å²) >= 11 is 0. The summed E-state index contributed by atoms with van der Waals surface area (Å²) in [7, 11) is 0. The summed E-state index contributed by atoms with van der Waals surface area (Å²) in [5.74, 6) is 1.25. The van der Waals surface area contributed by atoms with Gasteiger partial charge < -0.3 is 0 Å². The summed E-state index contributed by atoms with van der Waals surface area (Å²) in [6.07, 6.45) is 5.80. The number of hydrogen-bond donors (Lipinski definition) is 0. The molecule has 0 aromatic carbocycles. The Bertz CT molecular complexity index is 382. The molecule has 3 aliphatic rings. The van der Waals surface area contributed by atoms with Gasteiger partial charge in [-0.25, -0.2) is 0 Å². The second-order valence-electron chi connectivity index (χ2n) is 5.59. The second-order valence-corrected chi connectivity index (χ2v) is 5.59. The van der Waals surface area contributed by atoms with Crippen LogP contribution in [-0.4, -0.2) is 11.6 Å². The Morgan fingerprint density at radius 3 is 2.80 bits per heavy atom. The number of allylic oxidation sites excluding steroid dienone is 2. The molecular weight excluding hydrogens is 188 g/mol. The molecule has 2 fully saturated rings. The Morgan fingerprint density at radius 2 is 2.07 bits per heavy atom. The Balaban J connectivity index is 2.12. The molecule has 0 unspecified atom stereocenters. The summed E-state index contributed by atoms with van der Waals surface area (Å²) in [5, 5.41) is 0. The minimum atomic E-state index is -0.367. The van der Waals surface area contributed by atoms with Crippen LogP contribution < -0.4 is 0 Å². The van der Waals surface area contributed by atoms with E-state index in [1.807, 2.05) is 13.8 Å². The van der Waals surface area contributed by atoms with Crippen LogP contribution in [0, 0.1) is 29.1 Å². The van der Waals surface area contributed by atoms with Gasteiger partial charge in [0.05, 0.1) is 0 Å². The minimum absolute atomic E-state index is 0.00352. The molecule has 2 saturated carbocycles. The van der Waals surface area contributed by atoms with Crippen LogP contribution in [0.15, 0.2) is 12.2 Å². The fourth-order valence-corrected chi connectivity index (χ4v) is 4.06. The lowest BCUT2D eigenvalue weighted by atomic mass is 9.58. The van der Waals surface area contributed by atoms with Crippen molar-refractivity contribution in [2.24, 2.45) is 29.1 Å². The molecule has 2 nitrogen and oxygen atoms in total. The van der Waals surface area contributed by atoms with E-state index in [0.717, 1.165) is 6.42 Å². The van der Waals surface area contributed by atoms with Crippen LogP contribution in [0.4, 0.5) is 0 Å². The molecule has 3 aliphatic carbocycles. The van der Waals surface area contributed by atoms with Gasteiger partial charge in [0.1, 0.15) is 11.6 Å². The number of rotatable bonds is 0. The predicted molar refractivity (Wildman–Crippen MR) is 56.1 cm³/mol. The fraction of sp³-hybridized carbons (Fsp3) is 0.692. The van der Waals surface area contributed by atoms with Crippen molar-refractivity contribution in [1.29, 1.82) is 0 Å². The third-order valence-corrected chi connectivity index (χ3v) is 4.79. The van der Waals surface area contributed by atoms with Crippen LogP contribution in [0.5, 0.6) is 0 Å². The van der Waals surface area contributed by atoms with Crippen molar-refractivity contribution in [1.82, 2.24) is 0 Å². The van der Waals surface area contributed by atoms with Gasteiger partial charge >= 0.3 is 0 Å². The molecule has 0 heterocycles. The Morgan fingerprint density at radius 1 is 1.33 bits per heavy atom. The molecule has 80 valence electrons. The van der Waals surface area contributed by atoms with E-state index in [-0.39, 0.29) is 17.3 Å². The van der Waals surface area contributed by atoms with Crippen molar-refractivity contribution in [3.8, 4) is 0 Å². The molecule has 0 saturated heterocycles. The molecule has 3 rings (SSSR count). The summed E-state index contributed by atoms with van der Waals surface area (Å²) in [6.45, 7) is 3.92. The quantitative estimate of drug-likeness (QED) is 0.565. The monoisotopic (exact) mass is 204 g/mol. The lowest BCUT2D eigenvalue weighted by Crippen LogP contribution is -2.50. The van der Waals surface area contributed by atoms with Gasteiger partial charge in [0, 0.05) is 23.7 Å². The second kappa shape index (κ2) is 2.60. The summed E-state index contributed by atoms with van der Waals surface area (Å²) < 4.78 is 0.